The van der Waals surface area contributed by atoms with E-state index in [-0.39, 0.29) is 27.8 Å². The lowest BCUT2D eigenvalue weighted by molar-refractivity contribution is -0.166. The number of nitrogens with one attached hydrogen (secondary N) is 1. The Balaban J connectivity index is 1.61. The van der Waals surface area contributed by atoms with Gasteiger partial charge in [0.1, 0.15) is 15.7 Å². The number of thiocarbonyl (C=S) groups is 1. The van der Waals surface area contributed by atoms with Crippen molar-refractivity contribution < 1.29 is 41.8 Å². The molecular weight excluding hydrogens is 592 g/mol. The van der Waals surface area contributed by atoms with E-state index in [9.17, 15) is 37.1 Å². The summed E-state index contributed by atoms with van der Waals surface area (Å²) in [5.41, 5.74) is -1.57. The Hall–Kier alpha value is -2.81. The molecule has 40 heavy (non-hydrogen) atoms. The summed E-state index contributed by atoms with van der Waals surface area (Å²) >= 11 is 7.47. The molecule has 7 nitrogen and oxygen atoms in total. The molecule has 2 heterocycles. The highest BCUT2D eigenvalue weighted by Crippen LogP contribution is 2.37. The van der Waals surface area contributed by atoms with Crippen LogP contribution in [0.15, 0.2) is 34.6 Å². The first kappa shape index (κ1) is 31.7. The van der Waals surface area contributed by atoms with Gasteiger partial charge < -0.3 is 15.2 Å². The van der Waals surface area contributed by atoms with Crippen LogP contribution < -0.4 is 5.32 Å². The Morgan fingerprint density at radius 3 is 2.50 bits per heavy atom. The first-order chi connectivity index (χ1) is 18.5. The molecule has 1 aromatic carbocycles. The van der Waals surface area contributed by atoms with E-state index < -0.39 is 53.1 Å². The maximum absolute atomic E-state index is 13.6. The monoisotopic (exact) mass is 618 g/mol. The molecule has 1 aliphatic heterocycles. The quantitative estimate of drug-likeness (QED) is 0.178. The number of thioether (sulfide) groups is 1. The Morgan fingerprint density at radius 1 is 1.20 bits per heavy atom. The third-order valence-electron chi connectivity index (χ3n) is 5.44. The fraction of sp³-hybridized carbons (Fsp3) is 0.385. The van der Waals surface area contributed by atoms with Gasteiger partial charge in [-0.05, 0) is 68.5 Å². The summed E-state index contributed by atoms with van der Waals surface area (Å²) in [6.07, 6.45) is -5.02. The van der Waals surface area contributed by atoms with Gasteiger partial charge in [-0.2, -0.15) is 13.2 Å². The van der Waals surface area contributed by atoms with Crippen LogP contribution in [-0.2, 0) is 25.3 Å². The second-order valence-corrected chi connectivity index (χ2v) is 12.5. The van der Waals surface area contributed by atoms with Crippen LogP contribution in [0.1, 0.15) is 44.6 Å². The van der Waals surface area contributed by atoms with Crippen LogP contribution in [0.2, 0.25) is 0 Å². The second kappa shape index (κ2) is 12.4. The number of aliphatic hydroxyl groups is 1. The highest BCUT2D eigenvalue weighted by molar-refractivity contribution is 8.26. The van der Waals surface area contributed by atoms with Crippen molar-refractivity contribution in [1.82, 2.24) is 10.2 Å². The van der Waals surface area contributed by atoms with Gasteiger partial charge in [-0.25, -0.2) is 9.18 Å². The summed E-state index contributed by atoms with van der Waals surface area (Å²) in [7, 11) is 0. The fourth-order valence-electron chi connectivity index (χ4n) is 3.51. The molecule has 0 saturated carbocycles. The molecule has 2 aromatic rings. The highest BCUT2D eigenvalue weighted by Gasteiger charge is 2.35. The van der Waals surface area contributed by atoms with Gasteiger partial charge in [-0.15, -0.1) is 11.3 Å². The summed E-state index contributed by atoms with van der Waals surface area (Å²) in [5, 5.41) is 14.2. The number of halogens is 4. The van der Waals surface area contributed by atoms with E-state index in [1.165, 1.54) is 29.2 Å². The average molecular weight is 619 g/mol. The number of rotatable bonds is 8. The van der Waals surface area contributed by atoms with E-state index in [0.29, 0.717) is 10.4 Å². The van der Waals surface area contributed by atoms with Gasteiger partial charge in [-0.3, -0.25) is 14.5 Å². The molecule has 0 radical (unpaired) electrons. The summed E-state index contributed by atoms with van der Waals surface area (Å²) in [5.74, 6) is -3.20. The third-order valence-corrected chi connectivity index (χ3v) is 7.70. The minimum atomic E-state index is -4.83. The molecule has 0 bridgehead atoms. The van der Waals surface area contributed by atoms with E-state index in [1.54, 1.807) is 38.3 Å². The standard InChI is InChI=1S/C26H26F4N2O5S3/c1-13(21(34)23(36)37-25(2,3)4)31-20(33)7-8-32-22(35)19(40-24(32)38)11-16-9-15(12-39-16)14-5-6-18(27)17(10-14)26(28,29)30/h5-6,9-13,21,34H,7-8H2,1-4H3,(H,31,33)/b19-11-/t13-,21+/m0/s1. The summed E-state index contributed by atoms with van der Waals surface area (Å²) < 4.78 is 58.2. The summed E-state index contributed by atoms with van der Waals surface area (Å²) in [6, 6.07) is 3.38. The van der Waals surface area contributed by atoms with Crippen LogP contribution in [0.3, 0.4) is 0 Å². The average Bonchev–Trinajstić information content (AvgIpc) is 3.39. The van der Waals surface area contributed by atoms with Gasteiger partial charge in [-0.1, -0.05) is 30.0 Å². The van der Waals surface area contributed by atoms with E-state index in [4.69, 9.17) is 17.0 Å². The fourth-order valence-corrected chi connectivity index (χ4v) is 5.73. The van der Waals surface area contributed by atoms with Crippen LogP contribution in [-0.4, -0.2) is 56.4 Å². The number of hydrogen-bond acceptors (Lipinski definition) is 8. The van der Waals surface area contributed by atoms with Gasteiger partial charge >= 0.3 is 12.1 Å². The van der Waals surface area contributed by atoms with Crippen LogP contribution in [0.25, 0.3) is 17.2 Å². The first-order valence-electron chi connectivity index (χ1n) is 11.9. The van der Waals surface area contributed by atoms with Crippen molar-refractivity contribution in [2.45, 2.75) is 58.0 Å². The molecule has 0 aliphatic carbocycles. The zero-order chi connectivity index (χ0) is 30.0. The SMILES string of the molecule is C[C@H](NC(=O)CCN1C(=O)/C(=C/c2cc(-c3ccc(F)c(C(F)(F)F)c3)cs2)SC1=S)[C@@H](O)C(=O)OC(C)(C)C. The number of alkyl halides is 3. The Kier molecular flexibility index (Phi) is 9.81. The predicted octanol–water partition coefficient (Wildman–Crippen LogP) is 5.37. The zero-order valence-corrected chi connectivity index (χ0v) is 24.2. The number of carbonyl (C=O) groups is 3. The number of ether oxygens (including phenoxy) is 1. The Bertz CT molecular complexity index is 1350. The molecule has 2 N–H and O–H groups in total. The van der Waals surface area contributed by atoms with Crippen molar-refractivity contribution in [2.75, 3.05) is 6.54 Å². The van der Waals surface area contributed by atoms with E-state index in [0.717, 1.165) is 23.9 Å². The van der Waals surface area contributed by atoms with Crippen LogP contribution in [0.4, 0.5) is 17.6 Å². The van der Waals surface area contributed by atoms with Gasteiger partial charge in [0.15, 0.2) is 6.10 Å². The minimum absolute atomic E-state index is 0.0470. The van der Waals surface area contributed by atoms with E-state index in [1.807, 2.05) is 0 Å². The van der Waals surface area contributed by atoms with Crippen LogP contribution >= 0.6 is 35.3 Å². The van der Waals surface area contributed by atoms with Crippen molar-refractivity contribution in [3.8, 4) is 11.1 Å². The number of nitrogens with zero attached hydrogens (tertiary/aromatic N) is 1. The molecule has 1 aliphatic rings. The molecule has 1 fully saturated rings. The van der Waals surface area contributed by atoms with Gasteiger partial charge in [0.25, 0.3) is 5.91 Å². The zero-order valence-electron chi connectivity index (χ0n) is 21.8. The Labute approximate surface area is 241 Å². The lowest BCUT2D eigenvalue weighted by Gasteiger charge is -2.25. The molecule has 0 spiro atoms. The third kappa shape index (κ3) is 8.12. The normalized spacial score (nSPS) is 16.8. The largest absolute Gasteiger partial charge is 0.458 e. The topological polar surface area (TPSA) is 95.9 Å². The number of carbonyl (C=O) groups excluding carboxylic acids is 3. The summed E-state index contributed by atoms with van der Waals surface area (Å²) in [4.78, 5) is 39.4. The number of aliphatic hydroxyl groups excluding tert-OH is 1. The minimum Gasteiger partial charge on any atom is -0.458 e. The molecule has 14 heteroatoms. The van der Waals surface area contributed by atoms with Crippen molar-refractivity contribution in [1.29, 1.82) is 0 Å². The maximum Gasteiger partial charge on any atom is 0.419 e. The second-order valence-electron chi connectivity index (χ2n) is 9.85. The molecule has 0 unspecified atom stereocenters. The molecule has 3 rings (SSSR count). The first-order valence-corrected chi connectivity index (χ1v) is 14.0. The van der Waals surface area contributed by atoms with Crippen molar-refractivity contribution in [3.63, 3.8) is 0 Å². The summed E-state index contributed by atoms with van der Waals surface area (Å²) in [6.45, 7) is 6.34. The van der Waals surface area contributed by atoms with Crippen molar-refractivity contribution >= 4 is 63.5 Å². The number of thiophene rings is 1. The van der Waals surface area contributed by atoms with E-state index >= 15 is 0 Å². The molecule has 2 atom stereocenters. The molecule has 1 saturated heterocycles. The molecular formula is C26H26F4N2O5S3. The maximum atomic E-state index is 13.6. The molecule has 2 amide bonds. The number of benzene rings is 1. The Morgan fingerprint density at radius 2 is 1.88 bits per heavy atom. The molecule has 1 aromatic heterocycles. The number of amides is 2. The van der Waals surface area contributed by atoms with Gasteiger partial charge in [0.2, 0.25) is 5.91 Å². The van der Waals surface area contributed by atoms with Crippen LogP contribution in [0, 0.1) is 5.82 Å². The number of hydrogen-bond donors (Lipinski definition) is 2. The van der Waals surface area contributed by atoms with Crippen molar-refractivity contribution in [3.05, 3.63) is 50.8 Å². The molecule has 216 valence electrons. The van der Waals surface area contributed by atoms with E-state index in [2.05, 4.69) is 5.32 Å². The lowest BCUT2D eigenvalue weighted by atomic mass is 10.0. The lowest BCUT2D eigenvalue weighted by Crippen LogP contribution is -2.47. The number of esters is 1. The van der Waals surface area contributed by atoms with Crippen LogP contribution in [0.5, 0.6) is 0 Å². The van der Waals surface area contributed by atoms with Crippen molar-refractivity contribution in [2.24, 2.45) is 0 Å². The predicted molar refractivity (Wildman–Crippen MR) is 149 cm³/mol. The highest BCUT2D eigenvalue weighted by atomic mass is 32.2. The smallest absolute Gasteiger partial charge is 0.419 e. The van der Waals surface area contributed by atoms with Gasteiger partial charge in [0.05, 0.1) is 16.5 Å². The van der Waals surface area contributed by atoms with Gasteiger partial charge in [0, 0.05) is 17.8 Å².